The minimum Gasteiger partial charge on any atom is -0.444 e. The van der Waals surface area contributed by atoms with Gasteiger partial charge in [-0.1, -0.05) is 67.0 Å². The van der Waals surface area contributed by atoms with Crippen molar-refractivity contribution in [3.05, 3.63) is 77.4 Å². The second-order valence-corrected chi connectivity index (χ2v) is 17.2. The van der Waals surface area contributed by atoms with E-state index in [4.69, 9.17) is 9.47 Å². The number of nitrogens with one attached hydrogen (secondary N) is 4. The highest BCUT2D eigenvalue weighted by Gasteiger charge is 2.61. The second kappa shape index (κ2) is 15.9. The third kappa shape index (κ3) is 9.77. The summed E-state index contributed by atoms with van der Waals surface area (Å²) in [5, 5.41) is 5.49. The average Bonchev–Trinajstić information content (AvgIpc) is 3.41. The van der Waals surface area contributed by atoms with E-state index >= 15 is 0 Å². The Balaban J connectivity index is 1.24. The Hall–Kier alpha value is -5.12. The molecule has 0 radical (unpaired) electrons. The fourth-order valence-electron chi connectivity index (χ4n) is 7.31. The van der Waals surface area contributed by atoms with Gasteiger partial charge >= 0.3 is 22.4 Å². The van der Waals surface area contributed by atoms with Crippen molar-refractivity contribution in [2.24, 2.45) is 5.92 Å². The summed E-state index contributed by atoms with van der Waals surface area (Å²) in [6, 6.07) is 12.0. The van der Waals surface area contributed by atoms with Crippen LogP contribution >= 0.6 is 0 Å². The van der Waals surface area contributed by atoms with Crippen molar-refractivity contribution < 1.29 is 41.9 Å². The van der Waals surface area contributed by atoms with Crippen LogP contribution in [0.3, 0.4) is 0 Å². The molecule has 2 aromatic carbocycles. The highest BCUT2D eigenvalue weighted by atomic mass is 32.2. The van der Waals surface area contributed by atoms with E-state index in [9.17, 15) is 32.4 Å². The van der Waals surface area contributed by atoms with Crippen LogP contribution in [0.5, 0.6) is 0 Å². The number of anilines is 1. The van der Waals surface area contributed by atoms with Crippen molar-refractivity contribution >= 4 is 45.8 Å². The van der Waals surface area contributed by atoms with E-state index in [1.54, 1.807) is 49.9 Å². The Morgan fingerprint density at radius 2 is 1.65 bits per heavy atom. The van der Waals surface area contributed by atoms with Crippen molar-refractivity contribution in [2.45, 2.75) is 115 Å². The Bertz CT molecular complexity index is 1920. The molecule has 6 rings (SSSR count). The first-order valence-corrected chi connectivity index (χ1v) is 20.2. The van der Waals surface area contributed by atoms with Crippen molar-refractivity contribution in [3.8, 4) is 0 Å². The first-order valence-electron chi connectivity index (χ1n) is 18.7. The number of carbonyl (C=O) groups is 5. The van der Waals surface area contributed by atoms with Crippen LogP contribution in [0, 0.1) is 12.8 Å². The van der Waals surface area contributed by atoms with Gasteiger partial charge in [-0.3, -0.25) is 24.0 Å². The molecule has 0 spiro atoms. The van der Waals surface area contributed by atoms with Gasteiger partial charge in [0.2, 0.25) is 11.8 Å². The molecule has 1 saturated heterocycles. The molecule has 0 bridgehead atoms. The molecule has 4 N–H and O–H groups in total. The molecule has 5 amide bonds. The number of amides is 5. The monoisotopic (exact) mass is 778 g/mol. The smallest absolute Gasteiger partial charge is 0.410 e. The zero-order chi connectivity index (χ0) is 39.5. The SMILES string of the molecule is Cc1ccc(NS(=O)(=O)NC(=O)[C@@]23C[C@H]2/C=C/CCCCC[C@H](NC(=O)OC(C)(C)C)C(=O)N2C[C@H](OC(=O)N4Cc5ccccc5C4)C[C@H]2C(=O)N3)cc1. The molecule has 0 unspecified atom stereocenters. The summed E-state index contributed by atoms with van der Waals surface area (Å²) in [4.78, 5) is 71.7. The maximum Gasteiger partial charge on any atom is 0.410 e. The van der Waals surface area contributed by atoms with Crippen LogP contribution in [-0.4, -0.2) is 84.0 Å². The van der Waals surface area contributed by atoms with Gasteiger partial charge in [-0.05, 0) is 76.6 Å². The number of ether oxygens (including phenoxy) is 2. The minimum atomic E-state index is -4.40. The van der Waals surface area contributed by atoms with Gasteiger partial charge < -0.3 is 25.0 Å². The summed E-state index contributed by atoms with van der Waals surface area (Å²) in [5.74, 6) is -2.74. The summed E-state index contributed by atoms with van der Waals surface area (Å²) in [5.41, 5.74) is 0.697. The maximum absolute atomic E-state index is 14.4. The van der Waals surface area contributed by atoms with E-state index in [2.05, 4.69) is 20.1 Å². The molecular weight excluding hydrogens is 729 g/mol. The minimum absolute atomic E-state index is 0.0885. The number of aryl methyl sites for hydroxylation is 1. The normalized spacial score (nSPS) is 26.2. The summed E-state index contributed by atoms with van der Waals surface area (Å²) in [6.07, 6.45) is 4.44. The lowest BCUT2D eigenvalue weighted by Gasteiger charge is -2.30. The summed E-state index contributed by atoms with van der Waals surface area (Å²) < 4.78 is 42.0. The molecule has 0 aromatic heterocycles. The maximum atomic E-state index is 14.4. The molecule has 4 aliphatic rings. The van der Waals surface area contributed by atoms with Gasteiger partial charge in [-0.15, -0.1) is 0 Å². The van der Waals surface area contributed by atoms with Crippen molar-refractivity contribution in [1.29, 1.82) is 0 Å². The van der Waals surface area contributed by atoms with Crippen molar-refractivity contribution in [2.75, 3.05) is 11.3 Å². The fraction of sp³-hybridized carbons (Fsp3) is 0.513. The quantitative estimate of drug-likeness (QED) is 0.312. The molecule has 1 saturated carbocycles. The molecule has 5 atom stereocenters. The third-order valence-electron chi connectivity index (χ3n) is 10.2. The number of hydrogen-bond donors (Lipinski definition) is 4. The topological polar surface area (TPSA) is 193 Å². The molecule has 55 heavy (non-hydrogen) atoms. The van der Waals surface area contributed by atoms with Crippen LogP contribution in [0.2, 0.25) is 0 Å². The lowest BCUT2D eigenvalue weighted by atomic mass is 10.0. The summed E-state index contributed by atoms with van der Waals surface area (Å²) in [7, 11) is -4.40. The molecular formula is C39H50N6O9S. The number of hydrogen-bond acceptors (Lipinski definition) is 9. The van der Waals surface area contributed by atoms with Gasteiger partial charge in [0.1, 0.15) is 29.3 Å². The van der Waals surface area contributed by atoms with Crippen LogP contribution in [0.25, 0.3) is 0 Å². The molecule has 15 nitrogen and oxygen atoms in total. The highest BCUT2D eigenvalue weighted by molar-refractivity contribution is 7.91. The van der Waals surface area contributed by atoms with E-state index in [0.717, 1.165) is 29.5 Å². The van der Waals surface area contributed by atoms with E-state index in [1.807, 2.05) is 43.3 Å². The number of allylic oxidation sites excluding steroid dienone is 1. The second-order valence-electron chi connectivity index (χ2n) is 15.8. The molecule has 2 aromatic rings. The lowest BCUT2D eigenvalue weighted by Crippen LogP contribution is -2.58. The van der Waals surface area contributed by atoms with Crippen LogP contribution in [0.4, 0.5) is 15.3 Å². The van der Waals surface area contributed by atoms with E-state index in [1.165, 1.54) is 4.90 Å². The van der Waals surface area contributed by atoms with E-state index in [-0.39, 0.29) is 31.5 Å². The molecule has 3 aliphatic heterocycles. The number of rotatable bonds is 6. The van der Waals surface area contributed by atoms with Gasteiger partial charge in [0.25, 0.3) is 5.91 Å². The molecule has 1 aliphatic carbocycles. The van der Waals surface area contributed by atoms with Gasteiger partial charge in [-0.2, -0.15) is 8.42 Å². The van der Waals surface area contributed by atoms with Gasteiger partial charge in [0, 0.05) is 25.4 Å². The predicted octanol–water partition coefficient (Wildman–Crippen LogP) is 4.18. The van der Waals surface area contributed by atoms with Crippen molar-refractivity contribution in [1.82, 2.24) is 25.2 Å². The third-order valence-corrected chi connectivity index (χ3v) is 11.2. The fourth-order valence-corrected chi connectivity index (χ4v) is 8.23. The number of benzene rings is 2. The van der Waals surface area contributed by atoms with E-state index in [0.29, 0.717) is 25.9 Å². The highest BCUT2D eigenvalue weighted by Crippen LogP contribution is 2.46. The number of carbonyl (C=O) groups excluding carboxylic acids is 5. The first kappa shape index (κ1) is 39.6. The molecule has 3 heterocycles. The Morgan fingerprint density at radius 1 is 0.964 bits per heavy atom. The van der Waals surface area contributed by atoms with E-state index < -0.39 is 75.4 Å². The van der Waals surface area contributed by atoms with Crippen molar-refractivity contribution in [3.63, 3.8) is 0 Å². The number of nitrogens with zero attached hydrogens (tertiary/aromatic N) is 2. The first-order chi connectivity index (χ1) is 26.0. The molecule has 2 fully saturated rings. The Kier molecular flexibility index (Phi) is 11.5. The average molecular weight is 779 g/mol. The lowest BCUT2D eigenvalue weighted by molar-refractivity contribution is -0.141. The summed E-state index contributed by atoms with van der Waals surface area (Å²) in [6.45, 7) is 7.53. The number of alkyl carbamates (subject to hydrolysis) is 1. The zero-order valence-electron chi connectivity index (χ0n) is 31.6. The van der Waals surface area contributed by atoms with Crippen LogP contribution < -0.4 is 20.1 Å². The van der Waals surface area contributed by atoms with Gasteiger partial charge in [0.15, 0.2) is 0 Å². The van der Waals surface area contributed by atoms with Crippen LogP contribution in [-0.2, 0) is 47.2 Å². The molecule has 16 heteroatoms. The van der Waals surface area contributed by atoms with Crippen LogP contribution in [0.1, 0.15) is 82.4 Å². The van der Waals surface area contributed by atoms with Gasteiger partial charge in [-0.25, -0.2) is 14.3 Å². The molecule has 296 valence electrons. The Labute approximate surface area is 321 Å². The zero-order valence-corrected chi connectivity index (χ0v) is 32.4. The standard InChI is InChI=1S/C39H50N6O9S/c1-25-16-18-29(19-17-25)42-55(51,52)43-35(48)39-21-28(39)14-8-6-5-7-9-15-31(40-36(49)54-38(2,3)4)34(47)45-24-30(20-32(45)33(46)41-39)53-37(50)44-22-26-12-10-11-13-27(26)23-44/h8,10-14,16-19,28,30-32,42H,5-7,9,15,20-24H2,1-4H3,(H,40,49)(H,41,46)(H,43,48)/b14-8+/t28-,30-,31+,32+,39-/m1/s1. The summed E-state index contributed by atoms with van der Waals surface area (Å²) >= 11 is 0. The largest absolute Gasteiger partial charge is 0.444 e. The van der Waals surface area contributed by atoms with Gasteiger partial charge in [0.05, 0.1) is 12.2 Å². The predicted molar refractivity (Wildman–Crippen MR) is 202 cm³/mol. The Morgan fingerprint density at radius 3 is 2.33 bits per heavy atom. The van der Waals surface area contributed by atoms with Crippen LogP contribution in [0.15, 0.2) is 60.7 Å². The number of fused-ring (bicyclic) bond motifs is 3.